The van der Waals surface area contributed by atoms with Crippen molar-refractivity contribution in [2.75, 3.05) is 13.2 Å². The second kappa shape index (κ2) is 11.5. The summed E-state index contributed by atoms with van der Waals surface area (Å²) in [7, 11) is 0. The number of nitrogens with zero attached hydrogens (tertiary/aromatic N) is 1. The lowest BCUT2D eigenvalue weighted by Crippen LogP contribution is -2.15. The lowest BCUT2D eigenvalue weighted by molar-refractivity contribution is 0.171. The molecular weight excluding hydrogens is 495 g/mol. The van der Waals surface area contributed by atoms with E-state index in [-0.39, 0.29) is 12.2 Å². The summed E-state index contributed by atoms with van der Waals surface area (Å²) in [6.07, 6.45) is 0. The van der Waals surface area contributed by atoms with Gasteiger partial charge in [0.25, 0.3) is 0 Å². The van der Waals surface area contributed by atoms with Crippen LogP contribution in [0.4, 0.5) is 4.39 Å². The molecule has 39 heavy (non-hydrogen) atoms. The zero-order valence-corrected chi connectivity index (χ0v) is 21.9. The molecule has 7 heteroatoms. The first-order chi connectivity index (χ1) is 19.0. The molecule has 0 unspecified atom stereocenters. The van der Waals surface area contributed by atoms with Crippen molar-refractivity contribution in [3.63, 3.8) is 0 Å². The maximum Gasteiger partial charge on any atom is 0.161 e. The van der Waals surface area contributed by atoms with E-state index in [1.54, 1.807) is 6.07 Å². The van der Waals surface area contributed by atoms with E-state index in [0.717, 1.165) is 44.9 Å². The molecule has 6 nitrogen and oxygen atoms in total. The molecule has 5 rings (SSSR count). The van der Waals surface area contributed by atoms with Gasteiger partial charge in [0, 0.05) is 18.2 Å². The molecule has 1 aliphatic heterocycles. The fourth-order valence-corrected chi connectivity index (χ4v) is 4.61. The van der Waals surface area contributed by atoms with Crippen molar-refractivity contribution in [2.45, 2.75) is 33.6 Å². The molecule has 2 N–H and O–H groups in total. The van der Waals surface area contributed by atoms with Crippen molar-refractivity contribution >= 4 is 0 Å². The van der Waals surface area contributed by atoms with Crippen LogP contribution in [0.5, 0.6) is 23.0 Å². The number of nitriles is 1. The van der Waals surface area contributed by atoms with Gasteiger partial charge < -0.3 is 24.7 Å². The lowest BCUT2D eigenvalue weighted by atomic mass is 9.96. The van der Waals surface area contributed by atoms with E-state index in [9.17, 15) is 4.39 Å². The van der Waals surface area contributed by atoms with Gasteiger partial charge in [0.15, 0.2) is 11.5 Å². The third kappa shape index (κ3) is 5.66. The van der Waals surface area contributed by atoms with E-state index in [2.05, 4.69) is 19.1 Å². The monoisotopic (exact) mass is 524 g/mol. The molecular formula is C32H29FN2O4. The van der Waals surface area contributed by atoms with Crippen LogP contribution in [-0.4, -0.2) is 13.2 Å². The minimum Gasteiger partial charge on any atom is -0.488 e. The van der Waals surface area contributed by atoms with Crippen LogP contribution in [-0.2, 0) is 19.8 Å². The average Bonchev–Trinajstić information content (AvgIpc) is 2.96. The smallest absolute Gasteiger partial charge is 0.161 e. The highest BCUT2D eigenvalue weighted by atomic mass is 19.1. The SMILES string of the molecule is Cc1cc(CN)c(OCc2ccc(F)c(C#N)c2)cc1OCc1cccc(-c2ccc3c(c2)OCCO3)c1C. The van der Waals surface area contributed by atoms with Crippen LogP contribution in [0, 0.1) is 31.0 Å². The van der Waals surface area contributed by atoms with E-state index in [0.29, 0.717) is 43.4 Å². The zero-order chi connectivity index (χ0) is 27.4. The van der Waals surface area contributed by atoms with Gasteiger partial charge in [-0.3, -0.25) is 0 Å². The Bertz CT molecular complexity index is 1560. The quantitative estimate of drug-likeness (QED) is 0.288. The average molecular weight is 525 g/mol. The van der Waals surface area contributed by atoms with Crippen molar-refractivity contribution in [3.05, 3.63) is 106 Å². The standard InChI is InChI=1S/C32H29FN2O4/c1-20-12-26(17-35)31(38-18-22-6-8-28(33)25(13-22)16-34)15-30(20)39-19-24-4-3-5-27(21(24)2)23-7-9-29-32(14-23)37-11-10-36-29/h3-9,12-15H,10-11,17-19,35H2,1-2H3. The molecule has 0 aromatic heterocycles. The van der Waals surface area contributed by atoms with Crippen molar-refractivity contribution in [2.24, 2.45) is 5.73 Å². The van der Waals surface area contributed by atoms with E-state index >= 15 is 0 Å². The minimum atomic E-state index is -0.553. The summed E-state index contributed by atoms with van der Waals surface area (Å²) in [5.41, 5.74) is 12.7. The highest BCUT2D eigenvalue weighted by Gasteiger charge is 2.15. The van der Waals surface area contributed by atoms with Gasteiger partial charge in [0.1, 0.15) is 49.8 Å². The number of halogens is 1. The number of hydrogen-bond donors (Lipinski definition) is 1. The number of fused-ring (bicyclic) bond motifs is 1. The molecule has 0 spiro atoms. The first kappa shape index (κ1) is 26.1. The summed E-state index contributed by atoms with van der Waals surface area (Å²) >= 11 is 0. The normalized spacial score (nSPS) is 12.1. The molecule has 0 amide bonds. The molecule has 0 radical (unpaired) electrons. The maximum atomic E-state index is 13.7. The zero-order valence-electron chi connectivity index (χ0n) is 21.9. The van der Waals surface area contributed by atoms with Gasteiger partial charge in [0.2, 0.25) is 0 Å². The van der Waals surface area contributed by atoms with Crippen molar-refractivity contribution in [3.8, 4) is 40.2 Å². The topological polar surface area (TPSA) is 86.7 Å². The van der Waals surface area contributed by atoms with Crippen molar-refractivity contribution < 1.29 is 23.3 Å². The Morgan fingerprint density at radius 1 is 0.872 bits per heavy atom. The molecule has 0 atom stereocenters. The molecule has 4 aromatic rings. The van der Waals surface area contributed by atoms with Crippen LogP contribution < -0.4 is 24.7 Å². The van der Waals surface area contributed by atoms with Crippen molar-refractivity contribution in [1.82, 2.24) is 0 Å². The molecule has 1 heterocycles. The lowest BCUT2D eigenvalue weighted by Gasteiger charge is -2.20. The third-order valence-corrected chi connectivity index (χ3v) is 6.81. The number of nitrogens with two attached hydrogens (primary N) is 1. The van der Waals surface area contributed by atoms with Gasteiger partial charge in [-0.1, -0.05) is 30.3 Å². The third-order valence-electron chi connectivity index (χ3n) is 6.81. The van der Waals surface area contributed by atoms with E-state index < -0.39 is 5.82 Å². The molecule has 0 bridgehead atoms. The minimum absolute atomic E-state index is 0.0167. The van der Waals surface area contributed by atoms with Crippen LogP contribution in [0.2, 0.25) is 0 Å². The fraction of sp³-hybridized carbons (Fsp3) is 0.219. The van der Waals surface area contributed by atoms with E-state index in [4.69, 9.17) is 29.9 Å². The summed E-state index contributed by atoms with van der Waals surface area (Å²) in [6.45, 7) is 5.99. The fourth-order valence-electron chi connectivity index (χ4n) is 4.61. The Morgan fingerprint density at radius 3 is 2.46 bits per heavy atom. The number of hydrogen-bond acceptors (Lipinski definition) is 6. The van der Waals surface area contributed by atoms with Gasteiger partial charge in [-0.15, -0.1) is 0 Å². The highest BCUT2D eigenvalue weighted by molar-refractivity contribution is 5.71. The second-order valence-corrected chi connectivity index (χ2v) is 9.38. The van der Waals surface area contributed by atoms with Gasteiger partial charge in [-0.05, 0) is 77.6 Å². The van der Waals surface area contributed by atoms with Crippen molar-refractivity contribution in [1.29, 1.82) is 5.26 Å². The Balaban J connectivity index is 1.34. The molecule has 0 aliphatic carbocycles. The molecule has 1 aliphatic rings. The molecule has 198 valence electrons. The summed E-state index contributed by atoms with van der Waals surface area (Å²) in [6, 6.07) is 22.2. The Morgan fingerprint density at radius 2 is 1.67 bits per heavy atom. The largest absolute Gasteiger partial charge is 0.488 e. The summed E-state index contributed by atoms with van der Waals surface area (Å²) in [4.78, 5) is 0. The van der Waals surface area contributed by atoms with Crippen LogP contribution >= 0.6 is 0 Å². The van der Waals surface area contributed by atoms with Gasteiger partial charge in [-0.2, -0.15) is 5.26 Å². The van der Waals surface area contributed by atoms with E-state index in [1.165, 1.54) is 12.1 Å². The molecule has 0 saturated heterocycles. The van der Waals surface area contributed by atoms with Gasteiger partial charge in [0.05, 0.1) is 5.56 Å². The summed E-state index contributed by atoms with van der Waals surface area (Å²) in [5.74, 6) is 2.24. The molecule has 4 aromatic carbocycles. The van der Waals surface area contributed by atoms with Crippen LogP contribution in [0.3, 0.4) is 0 Å². The first-order valence-corrected chi connectivity index (χ1v) is 12.7. The number of ether oxygens (including phenoxy) is 4. The summed E-state index contributed by atoms with van der Waals surface area (Å²) < 4.78 is 37.4. The Kier molecular flexibility index (Phi) is 7.67. The maximum absolute atomic E-state index is 13.7. The predicted octanol–water partition coefficient (Wildman–Crippen LogP) is 6.37. The number of aryl methyl sites for hydroxylation is 1. The predicted molar refractivity (Wildman–Crippen MR) is 146 cm³/mol. The van der Waals surface area contributed by atoms with Crippen LogP contribution in [0.25, 0.3) is 11.1 Å². The van der Waals surface area contributed by atoms with Gasteiger partial charge >= 0.3 is 0 Å². The Labute approximate surface area is 227 Å². The number of benzene rings is 4. The number of rotatable bonds is 8. The first-order valence-electron chi connectivity index (χ1n) is 12.7. The second-order valence-electron chi connectivity index (χ2n) is 9.38. The molecule has 0 fully saturated rings. The molecule has 0 saturated carbocycles. The Hall–Kier alpha value is -4.54. The highest BCUT2D eigenvalue weighted by Crippen LogP contribution is 2.36. The van der Waals surface area contributed by atoms with Gasteiger partial charge in [-0.25, -0.2) is 4.39 Å². The summed E-state index contributed by atoms with van der Waals surface area (Å²) in [5, 5.41) is 9.10. The van der Waals surface area contributed by atoms with E-state index in [1.807, 2.05) is 49.4 Å². The van der Waals surface area contributed by atoms with Crippen LogP contribution in [0.1, 0.15) is 33.4 Å². The van der Waals surface area contributed by atoms with Crippen LogP contribution in [0.15, 0.2) is 66.7 Å².